The first-order chi connectivity index (χ1) is 9.83. The number of para-hydroxylation sites is 1. The van der Waals surface area contributed by atoms with Crippen LogP contribution in [0.15, 0.2) is 42.5 Å². The first kappa shape index (κ1) is 12.8. The van der Waals surface area contributed by atoms with Crippen molar-refractivity contribution in [2.45, 2.75) is 13.0 Å². The zero-order valence-electron chi connectivity index (χ0n) is 11.1. The zero-order valence-corrected chi connectivity index (χ0v) is 11.1. The molecule has 0 radical (unpaired) electrons. The third-order valence-corrected chi connectivity index (χ3v) is 3.33. The summed E-state index contributed by atoms with van der Waals surface area (Å²) in [5.74, 6) is 1.97. The van der Waals surface area contributed by atoms with Crippen molar-refractivity contribution in [3.63, 3.8) is 0 Å². The quantitative estimate of drug-likeness (QED) is 0.820. The van der Waals surface area contributed by atoms with E-state index in [4.69, 9.17) is 9.47 Å². The van der Waals surface area contributed by atoms with E-state index in [1.54, 1.807) is 6.07 Å². The Bertz CT molecular complexity index is 598. The number of benzene rings is 2. The fourth-order valence-corrected chi connectivity index (χ4v) is 2.21. The van der Waals surface area contributed by atoms with E-state index >= 15 is 0 Å². The summed E-state index contributed by atoms with van der Waals surface area (Å²) in [5, 5.41) is 13.0. The molecule has 1 aliphatic rings. The molecule has 0 saturated heterocycles. The topological polar surface area (TPSA) is 50.7 Å². The first-order valence-corrected chi connectivity index (χ1v) is 6.69. The molecule has 0 aliphatic carbocycles. The second kappa shape index (κ2) is 5.84. The van der Waals surface area contributed by atoms with E-state index in [0.717, 1.165) is 30.0 Å². The van der Waals surface area contributed by atoms with Gasteiger partial charge in [-0.1, -0.05) is 24.3 Å². The minimum atomic E-state index is 0.310. The molecule has 1 heterocycles. The second-order valence-corrected chi connectivity index (χ2v) is 4.74. The van der Waals surface area contributed by atoms with E-state index in [0.29, 0.717) is 19.1 Å². The van der Waals surface area contributed by atoms with E-state index in [-0.39, 0.29) is 0 Å². The molecule has 0 aromatic heterocycles. The minimum absolute atomic E-state index is 0.310. The third kappa shape index (κ3) is 2.86. The smallest absolute Gasteiger partial charge is 0.231 e. The predicted octanol–water partition coefficient (Wildman–Crippen LogP) is 2.45. The lowest BCUT2D eigenvalue weighted by Gasteiger charge is -2.07. The predicted molar refractivity (Wildman–Crippen MR) is 76.1 cm³/mol. The average molecular weight is 271 g/mol. The molecular formula is C16H17NO3. The molecule has 3 rings (SSSR count). The molecule has 0 amide bonds. The van der Waals surface area contributed by atoms with Gasteiger partial charge in [0.05, 0.1) is 0 Å². The van der Waals surface area contributed by atoms with Crippen molar-refractivity contribution in [3.8, 4) is 17.2 Å². The maximum Gasteiger partial charge on any atom is 0.231 e. The average Bonchev–Trinajstić information content (AvgIpc) is 2.93. The molecule has 0 spiro atoms. The Kier molecular flexibility index (Phi) is 3.74. The van der Waals surface area contributed by atoms with Crippen LogP contribution in [0.2, 0.25) is 0 Å². The number of aromatic hydroxyl groups is 1. The van der Waals surface area contributed by atoms with Crippen LogP contribution in [0.4, 0.5) is 0 Å². The molecule has 0 atom stereocenters. The van der Waals surface area contributed by atoms with Crippen LogP contribution in [-0.4, -0.2) is 18.4 Å². The molecule has 104 valence electrons. The number of hydrogen-bond donors (Lipinski definition) is 2. The molecule has 0 unspecified atom stereocenters. The summed E-state index contributed by atoms with van der Waals surface area (Å²) < 4.78 is 10.6. The van der Waals surface area contributed by atoms with Crippen molar-refractivity contribution in [3.05, 3.63) is 53.6 Å². The Labute approximate surface area is 118 Å². The van der Waals surface area contributed by atoms with E-state index in [9.17, 15) is 5.11 Å². The summed E-state index contributed by atoms with van der Waals surface area (Å²) in [7, 11) is 0. The zero-order chi connectivity index (χ0) is 13.8. The molecule has 4 heteroatoms. The summed E-state index contributed by atoms with van der Waals surface area (Å²) in [6, 6.07) is 13.4. The van der Waals surface area contributed by atoms with Crippen molar-refractivity contribution < 1.29 is 14.6 Å². The molecule has 2 aromatic rings. The maximum atomic E-state index is 9.66. The highest BCUT2D eigenvalue weighted by molar-refractivity contribution is 5.44. The summed E-state index contributed by atoms with van der Waals surface area (Å²) in [4.78, 5) is 0. The fraction of sp³-hybridized carbons (Fsp3) is 0.250. The summed E-state index contributed by atoms with van der Waals surface area (Å²) in [5.41, 5.74) is 2.12. The summed E-state index contributed by atoms with van der Waals surface area (Å²) in [6.07, 6.45) is 0.907. The van der Waals surface area contributed by atoms with E-state index in [2.05, 4.69) is 11.4 Å². The van der Waals surface area contributed by atoms with Gasteiger partial charge < -0.3 is 19.9 Å². The Morgan fingerprint density at radius 3 is 2.80 bits per heavy atom. The van der Waals surface area contributed by atoms with Gasteiger partial charge in [0.25, 0.3) is 0 Å². The number of nitrogens with one attached hydrogen (secondary N) is 1. The summed E-state index contributed by atoms with van der Waals surface area (Å²) >= 11 is 0. The molecule has 2 aromatic carbocycles. The van der Waals surface area contributed by atoms with Crippen LogP contribution < -0.4 is 14.8 Å². The van der Waals surface area contributed by atoms with Crippen molar-refractivity contribution in [1.82, 2.24) is 5.32 Å². The van der Waals surface area contributed by atoms with Crippen molar-refractivity contribution in [2.75, 3.05) is 13.3 Å². The SMILES string of the molecule is Oc1ccccc1CNCCc1ccc2c(c1)OCO2. The van der Waals surface area contributed by atoms with Crippen LogP contribution in [0.25, 0.3) is 0 Å². The Hall–Kier alpha value is -2.20. The van der Waals surface area contributed by atoms with Gasteiger partial charge in [0.15, 0.2) is 11.5 Å². The van der Waals surface area contributed by atoms with Gasteiger partial charge in [-0.2, -0.15) is 0 Å². The molecule has 20 heavy (non-hydrogen) atoms. The normalized spacial score (nSPS) is 12.6. The van der Waals surface area contributed by atoms with Crippen LogP contribution in [0, 0.1) is 0 Å². The van der Waals surface area contributed by atoms with Crippen LogP contribution in [-0.2, 0) is 13.0 Å². The molecular weight excluding hydrogens is 254 g/mol. The van der Waals surface area contributed by atoms with Gasteiger partial charge in [-0.15, -0.1) is 0 Å². The van der Waals surface area contributed by atoms with Crippen LogP contribution in [0.3, 0.4) is 0 Å². The largest absolute Gasteiger partial charge is 0.508 e. The van der Waals surface area contributed by atoms with Gasteiger partial charge in [-0.05, 0) is 36.7 Å². The Morgan fingerprint density at radius 2 is 1.90 bits per heavy atom. The molecule has 4 nitrogen and oxygen atoms in total. The number of rotatable bonds is 5. The standard InChI is InChI=1S/C16H17NO3/c18-14-4-2-1-3-13(14)10-17-8-7-12-5-6-15-16(9-12)20-11-19-15/h1-6,9,17-18H,7-8,10-11H2. The van der Waals surface area contributed by atoms with E-state index in [1.165, 1.54) is 5.56 Å². The highest BCUT2D eigenvalue weighted by Gasteiger charge is 2.12. The Morgan fingerprint density at radius 1 is 1.05 bits per heavy atom. The number of phenolic OH excluding ortho intramolecular Hbond substituents is 1. The second-order valence-electron chi connectivity index (χ2n) is 4.74. The van der Waals surface area contributed by atoms with Gasteiger partial charge in [0.1, 0.15) is 5.75 Å². The molecule has 0 bridgehead atoms. The lowest BCUT2D eigenvalue weighted by atomic mass is 10.1. The van der Waals surface area contributed by atoms with Crippen molar-refractivity contribution in [1.29, 1.82) is 0 Å². The van der Waals surface area contributed by atoms with Gasteiger partial charge in [-0.3, -0.25) is 0 Å². The van der Waals surface area contributed by atoms with Gasteiger partial charge >= 0.3 is 0 Å². The first-order valence-electron chi connectivity index (χ1n) is 6.69. The van der Waals surface area contributed by atoms with Gasteiger partial charge in [0.2, 0.25) is 6.79 Å². The van der Waals surface area contributed by atoms with Crippen LogP contribution >= 0.6 is 0 Å². The highest BCUT2D eigenvalue weighted by atomic mass is 16.7. The number of ether oxygens (including phenoxy) is 2. The van der Waals surface area contributed by atoms with Crippen LogP contribution in [0.5, 0.6) is 17.2 Å². The van der Waals surface area contributed by atoms with Crippen molar-refractivity contribution >= 4 is 0 Å². The minimum Gasteiger partial charge on any atom is -0.508 e. The lowest BCUT2D eigenvalue weighted by molar-refractivity contribution is 0.174. The van der Waals surface area contributed by atoms with E-state index < -0.39 is 0 Å². The van der Waals surface area contributed by atoms with E-state index in [1.807, 2.05) is 30.3 Å². The molecule has 2 N–H and O–H groups in total. The monoisotopic (exact) mass is 271 g/mol. The third-order valence-electron chi connectivity index (χ3n) is 3.33. The fourth-order valence-electron chi connectivity index (χ4n) is 2.21. The van der Waals surface area contributed by atoms with Crippen LogP contribution in [0.1, 0.15) is 11.1 Å². The highest BCUT2D eigenvalue weighted by Crippen LogP contribution is 2.32. The number of fused-ring (bicyclic) bond motifs is 1. The molecule has 0 fully saturated rings. The molecule has 1 aliphatic heterocycles. The maximum absolute atomic E-state index is 9.66. The lowest BCUT2D eigenvalue weighted by Crippen LogP contribution is -2.16. The number of phenols is 1. The summed E-state index contributed by atoms with van der Waals surface area (Å²) in [6.45, 7) is 1.82. The van der Waals surface area contributed by atoms with Crippen molar-refractivity contribution in [2.24, 2.45) is 0 Å². The van der Waals surface area contributed by atoms with Gasteiger partial charge in [0, 0.05) is 12.1 Å². The Balaban J connectivity index is 1.49. The number of hydrogen-bond acceptors (Lipinski definition) is 4. The molecule has 0 saturated carbocycles. The van der Waals surface area contributed by atoms with Gasteiger partial charge in [-0.25, -0.2) is 0 Å².